The van der Waals surface area contributed by atoms with Crippen molar-refractivity contribution in [2.75, 3.05) is 13.1 Å². The molecule has 0 aliphatic heterocycles. The number of sulfonamides is 2. The van der Waals surface area contributed by atoms with Crippen LogP contribution in [0.4, 0.5) is 0 Å². The second-order valence-electron chi connectivity index (χ2n) is 9.83. The summed E-state index contributed by atoms with van der Waals surface area (Å²) in [5.74, 6) is -0.0944. The summed E-state index contributed by atoms with van der Waals surface area (Å²) in [6.07, 6.45) is 1.00. The van der Waals surface area contributed by atoms with Gasteiger partial charge in [-0.15, -0.1) is 0 Å². The van der Waals surface area contributed by atoms with Gasteiger partial charge in [-0.05, 0) is 53.3 Å². The number of hydrogen-bond acceptors (Lipinski definition) is 9. The van der Waals surface area contributed by atoms with Gasteiger partial charge < -0.3 is 15.5 Å². The number of nitrogens with zero attached hydrogens (tertiary/aromatic N) is 3. The van der Waals surface area contributed by atoms with Crippen molar-refractivity contribution < 1.29 is 32.4 Å². The average Bonchev–Trinajstić information content (AvgIpc) is 2.93. The van der Waals surface area contributed by atoms with Gasteiger partial charge in [0, 0.05) is 13.1 Å². The normalized spacial score (nSPS) is 14.3. The first-order valence-corrected chi connectivity index (χ1v) is 15.7. The highest BCUT2D eigenvalue weighted by atomic mass is 32.2. The molecule has 4 N–H and O–H groups in total. The van der Waals surface area contributed by atoms with E-state index in [1.54, 1.807) is 24.3 Å². The maximum absolute atomic E-state index is 13.6. The van der Waals surface area contributed by atoms with Crippen LogP contribution in [-0.4, -0.2) is 74.3 Å². The van der Waals surface area contributed by atoms with Gasteiger partial charge in [0.1, 0.15) is 0 Å². The molecule has 0 heterocycles. The van der Waals surface area contributed by atoms with E-state index in [1.807, 2.05) is 19.9 Å². The molecule has 3 aromatic rings. The molecular formula is C28H34N4O7S2. The molecule has 11 nitrogen and oxygen atoms in total. The number of aliphatic hydroxyl groups excluding tert-OH is 1. The number of nitrogens with one attached hydrogen (secondary N) is 1. The molecule has 0 amide bonds. The lowest BCUT2D eigenvalue weighted by Gasteiger charge is -2.30. The molecule has 0 fully saturated rings. The van der Waals surface area contributed by atoms with Gasteiger partial charge in [0.15, 0.2) is 0 Å². The highest BCUT2D eigenvalue weighted by molar-refractivity contribution is 7.89. The van der Waals surface area contributed by atoms with Gasteiger partial charge in [-0.1, -0.05) is 78.8 Å². The van der Waals surface area contributed by atoms with Gasteiger partial charge in [-0.2, -0.15) is 4.31 Å². The molecule has 0 saturated heterocycles. The number of benzene rings is 3. The zero-order valence-corrected chi connectivity index (χ0v) is 24.3. The van der Waals surface area contributed by atoms with E-state index in [0.29, 0.717) is 11.1 Å². The van der Waals surface area contributed by atoms with Crippen molar-refractivity contribution in [2.24, 2.45) is 16.2 Å². The Balaban J connectivity index is 1.93. The van der Waals surface area contributed by atoms with E-state index in [1.165, 1.54) is 54.7 Å². The Hall–Kier alpha value is -3.62. The quantitative estimate of drug-likeness (QED) is 0.125. The predicted molar refractivity (Wildman–Crippen MR) is 156 cm³/mol. The Kier molecular flexibility index (Phi) is 11.1. The predicted octanol–water partition coefficient (Wildman–Crippen LogP) is 2.90. The van der Waals surface area contributed by atoms with E-state index in [-0.39, 0.29) is 35.2 Å². The largest absolute Gasteiger partial charge is 0.411 e. The van der Waals surface area contributed by atoms with Crippen LogP contribution in [0.1, 0.15) is 30.5 Å². The molecule has 0 saturated carbocycles. The van der Waals surface area contributed by atoms with Gasteiger partial charge in [-0.25, -0.2) is 21.6 Å². The summed E-state index contributed by atoms with van der Waals surface area (Å²) in [6.45, 7) is 3.39. The van der Waals surface area contributed by atoms with Crippen LogP contribution in [0.2, 0.25) is 0 Å². The van der Waals surface area contributed by atoms with Crippen molar-refractivity contribution in [2.45, 2.75) is 42.2 Å². The summed E-state index contributed by atoms with van der Waals surface area (Å²) in [6, 6.07) is 19.2. The molecule has 0 aromatic heterocycles. The summed E-state index contributed by atoms with van der Waals surface area (Å²) in [5, 5.41) is 34.7. The minimum atomic E-state index is -4.13. The fraction of sp³-hybridized carbons (Fsp3) is 0.286. The highest BCUT2D eigenvalue weighted by Crippen LogP contribution is 2.21. The second kappa shape index (κ2) is 14.3. The van der Waals surface area contributed by atoms with E-state index in [9.17, 15) is 21.9 Å². The number of oxime groups is 2. The molecule has 13 heteroatoms. The third-order valence-corrected chi connectivity index (χ3v) is 9.50. The fourth-order valence-electron chi connectivity index (χ4n) is 4.15. The molecule has 0 aliphatic rings. The minimum absolute atomic E-state index is 0.0212. The van der Waals surface area contributed by atoms with Gasteiger partial charge in [0.25, 0.3) is 0 Å². The Morgan fingerprint density at radius 1 is 0.780 bits per heavy atom. The van der Waals surface area contributed by atoms with Gasteiger partial charge in [0.2, 0.25) is 20.0 Å². The zero-order valence-electron chi connectivity index (χ0n) is 22.6. The van der Waals surface area contributed by atoms with E-state index in [2.05, 4.69) is 15.0 Å². The Labute approximate surface area is 240 Å². The van der Waals surface area contributed by atoms with Crippen LogP contribution in [0.3, 0.4) is 0 Å². The van der Waals surface area contributed by atoms with E-state index in [0.717, 1.165) is 16.1 Å². The second-order valence-corrected chi connectivity index (χ2v) is 13.5. The van der Waals surface area contributed by atoms with Crippen molar-refractivity contribution in [3.63, 3.8) is 0 Å². The molecule has 0 unspecified atom stereocenters. The average molecular weight is 603 g/mol. The minimum Gasteiger partial charge on any atom is -0.411 e. The SMILES string of the molecule is CC(C)CN(C[C@@H](O)[C@H](Cc1ccccc1)NS(=O)(=O)c1ccc(C=NO)cc1)S(=O)(=O)c1ccc(/C=N/O)cc1. The van der Waals surface area contributed by atoms with Crippen molar-refractivity contribution >= 4 is 32.5 Å². The van der Waals surface area contributed by atoms with Gasteiger partial charge in [-0.3, -0.25) is 0 Å². The third-order valence-electron chi connectivity index (χ3n) is 6.15. The number of hydrogen-bond donors (Lipinski definition) is 4. The van der Waals surface area contributed by atoms with E-state index < -0.39 is 32.2 Å². The van der Waals surface area contributed by atoms with Crippen LogP contribution in [0.25, 0.3) is 0 Å². The molecule has 3 rings (SSSR count). The van der Waals surface area contributed by atoms with Crippen molar-refractivity contribution in [3.05, 3.63) is 95.6 Å². The first-order valence-electron chi connectivity index (χ1n) is 12.8. The van der Waals surface area contributed by atoms with Crippen LogP contribution in [0, 0.1) is 5.92 Å². The van der Waals surface area contributed by atoms with Gasteiger partial charge in [0.05, 0.1) is 34.4 Å². The molecule has 0 radical (unpaired) electrons. The third kappa shape index (κ3) is 8.93. The summed E-state index contributed by atoms with van der Waals surface area (Å²) in [5.41, 5.74) is 1.72. The first-order chi connectivity index (χ1) is 19.5. The summed E-state index contributed by atoms with van der Waals surface area (Å²) < 4.78 is 57.5. The fourth-order valence-corrected chi connectivity index (χ4v) is 7.04. The molecule has 2 atom stereocenters. The van der Waals surface area contributed by atoms with E-state index >= 15 is 0 Å². The maximum atomic E-state index is 13.6. The molecule has 220 valence electrons. The molecule has 0 aliphatic carbocycles. The smallest absolute Gasteiger partial charge is 0.243 e. The Morgan fingerprint density at radius 3 is 1.78 bits per heavy atom. The van der Waals surface area contributed by atoms with Crippen LogP contribution >= 0.6 is 0 Å². The first kappa shape index (κ1) is 31.9. The maximum Gasteiger partial charge on any atom is 0.243 e. The van der Waals surface area contributed by atoms with Crippen LogP contribution in [0.5, 0.6) is 0 Å². The standard InChI is InChI=1S/C28H34N4O7S2/c1-21(2)19-32(41(38,39)26-14-10-24(11-15-26)18-30-35)20-28(33)27(16-22-6-4-3-5-7-22)31-40(36,37)25-12-8-23(9-13-25)17-29-34/h3-15,17-18,21,27-28,31,33-35H,16,19-20H2,1-2H3/b29-17?,30-18+/t27-,28+/m0/s1. The molecule has 3 aromatic carbocycles. The van der Waals surface area contributed by atoms with Crippen LogP contribution < -0.4 is 4.72 Å². The summed E-state index contributed by atoms with van der Waals surface area (Å²) in [4.78, 5) is -0.0943. The number of aliphatic hydroxyl groups is 1. The van der Waals surface area contributed by atoms with Crippen molar-refractivity contribution in [3.8, 4) is 0 Å². The lowest BCUT2D eigenvalue weighted by Crippen LogP contribution is -2.51. The zero-order chi connectivity index (χ0) is 30.0. The van der Waals surface area contributed by atoms with Crippen molar-refractivity contribution in [1.29, 1.82) is 0 Å². The molecular weight excluding hydrogens is 568 g/mol. The van der Waals surface area contributed by atoms with Crippen LogP contribution in [-0.2, 0) is 26.5 Å². The number of rotatable bonds is 14. The van der Waals surface area contributed by atoms with Gasteiger partial charge >= 0.3 is 0 Å². The van der Waals surface area contributed by atoms with Crippen molar-refractivity contribution in [1.82, 2.24) is 9.03 Å². The summed E-state index contributed by atoms with van der Waals surface area (Å²) in [7, 11) is -8.21. The highest BCUT2D eigenvalue weighted by Gasteiger charge is 2.32. The molecule has 0 bridgehead atoms. The monoisotopic (exact) mass is 602 g/mol. The van der Waals surface area contributed by atoms with E-state index in [4.69, 9.17) is 10.4 Å². The molecule has 41 heavy (non-hydrogen) atoms. The topological polar surface area (TPSA) is 169 Å². The Bertz CT molecular complexity index is 1530. The van der Waals surface area contributed by atoms with Crippen LogP contribution in [0.15, 0.2) is 99.0 Å². The lowest BCUT2D eigenvalue weighted by atomic mass is 10.0. The Morgan fingerprint density at radius 2 is 1.29 bits per heavy atom. The lowest BCUT2D eigenvalue weighted by molar-refractivity contribution is 0.110. The molecule has 0 spiro atoms. The summed E-state index contributed by atoms with van der Waals surface area (Å²) >= 11 is 0.